The quantitative estimate of drug-likeness (QED) is 0.843. The summed E-state index contributed by atoms with van der Waals surface area (Å²) >= 11 is 6.06. The van der Waals surface area contributed by atoms with Crippen LogP contribution in [0.1, 0.15) is 5.56 Å². The summed E-state index contributed by atoms with van der Waals surface area (Å²) in [5.41, 5.74) is 7.56. The molecule has 4 heteroatoms. The van der Waals surface area contributed by atoms with E-state index in [4.69, 9.17) is 26.8 Å². The third-order valence-corrected chi connectivity index (χ3v) is 3.03. The van der Waals surface area contributed by atoms with Crippen molar-refractivity contribution in [2.75, 3.05) is 19.5 Å². The predicted octanol–water partition coefficient (Wildman–Crippen LogP) is 3.90. The number of halogens is 1. The predicted molar refractivity (Wildman–Crippen MR) is 78.0 cm³/mol. The third kappa shape index (κ3) is 3.63. The Morgan fingerprint density at radius 3 is 2.47 bits per heavy atom. The highest BCUT2D eigenvalue weighted by Crippen LogP contribution is 2.34. The van der Waals surface area contributed by atoms with E-state index in [2.05, 4.69) is 0 Å². The lowest BCUT2D eigenvalue weighted by molar-refractivity contribution is 0.202. The van der Waals surface area contributed by atoms with E-state index in [-0.39, 0.29) is 0 Å². The van der Waals surface area contributed by atoms with Gasteiger partial charge in [0, 0.05) is 7.11 Å². The Hall–Kier alpha value is -1.71. The second-order valence-corrected chi connectivity index (χ2v) is 4.55. The molecule has 0 radical (unpaired) electrons. The topological polar surface area (TPSA) is 44.5 Å². The van der Waals surface area contributed by atoms with Crippen molar-refractivity contribution in [3.05, 3.63) is 53.1 Å². The van der Waals surface area contributed by atoms with Crippen molar-refractivity contribution < 1.29 is 9.47 Å². The smallest absolute Gasteiger partial charge is 0.168 e. The molecule has 0 amide bonds. The minimum absolute atomic E-state index is 0.494. The van der Waals surface area contributed by atoms with Crippen LogP contribution in [0.2, 0.25) is 5.02 Å². The Morgan fingerprint density at radius 2 is 1.84 bits per heavy atom. The Balaban J connectivity index is 2.11. The number of rotatable bonds is 5. The monoisotopic (exact) mass is 277 g/mol. The highest BCUT2D eigenvalue weighted by molar-refractivity contribution is 6.32. The molecule has 0 aliphatic rings. The summed E-state index contributed by atoms with van der Waals surface area (Å²) in [5, 5.41) is 0.503. The summed E-state index contributed by atoms with van der Waals surface area (Å²) in [6, 6.07) is 13.1. The fourth-order valence-corrected chi connectivity index (χ4v) is 1.92. The van der Waals surface area contributed by atoms with Crippen molar-refractivity contribution >= 4 is 17.3 Å². The van der Waals surface area contributed by atoms with Crippen molar-refractivity contribution in [2.24, 2.45) is 0 Å². The molecule has 0 heterocycles. The second kappa shape index (κ2) is 6.45. The van der Waals surface area contributed by atoms with Gasteiger partial charge in [0.25, 0.3) is 0 Å². The van der Waals surface area contributed by atoms with Crippen LogP contribution in [0.25, 0.3) is 0 Å². The van der Waals surface area contributed by atoms with E-state index in [0.717, 1.165) is 6.42 Å². The van der Waals surface area contributed by atoms with Gasteiger partial charge in [0.1, 0.15) is 5.75 Å². The highest BCUT2D eigenvalue weighted by atomic mass is 35.5. The first-order chi connectivity index (χ1) is 9.20. The lowest BCUT2D eigenvalue weighted by Crippen LogP contribution is -1.95. The summed E-state index contributed by atoms with van der Waals surface area (Å²) in [6.45, 7) is 0.706. The maximum atomic E-state index is 6.06. The summed E-state index contributed by atoms with van der Waals surface area (Å²) in [6.07, 6.45) is 0.880. The average molecular weight is 278 g/mol. The highest BCUT2D eigenvalue weighted by Gasteiger charge is 2.07. The van der Waals surface area contributed by atoms with Gasteiger partial charge < -0.3 is 15.2 Å². The number of benzene rings is 2. The van der Waals surface area contributed by atoms with E-state index in [9.17, 15) is 0 Å². The molecular formula is C15H16ClNO2. The Morgan fingerprint density at radius 1 is 1.11 bits per heavy atom. The van der Waals surface area contributed by atoms with Crippen LogP contribution in [0.5, 0.6) is 11.5 Å². The van der Waals surface area contributed by atoms with Gasteiger partial charge in [-0.15, -0.1) is 0 Å². The van der Waals surface area contributed by atoms with Crippen LogP contribution in [0.3, 0.4) is 0 Å². The third-order valence-electron chi connectivity index (χ3n) is 2.74. The van der Waals surface area contributed by atoms with Gasteiger partial charge in [-0.1, -0.05) is 29.8 Å². The summed E-state index contributed by atoms with van der Waals surface area (Å²) in [4.78, 5) is 0. The van der Waals surface area contributed by atoms with Crippen LogP contribution >= 0.6 is 11.6 Å². The molecule has 0 atom stereocenters. The van der Waals surface area contributed by atoms with Crippen LogP contribution in [0.15, 0.2) is 42.5 Å². The molecule has 0 unspecified atom stereocenters. The van der Waals surface area contributed by atoms with Crippen LogP contribution in [-0.2, 0) is 11.2 Å². The molecule has 0 aliphatic carbocycles. The molecule has 0 saturated heterocycles. The van der Waals surface area contributed by atoms with Crippen LogP contribution in [0, 0.1) is 0 Å². The molecule has 0 aliphatic heterocycles. The molecule has 0 saturated carbocycles. The number of nitrogen functional groups attached to an aromatic ring is 1. The summed E-state index contributed by atoms with van der Waals surface area (Å²) < 4.78 is 10.7. The normalized spacial score (nSPS) is 10.4. The maximum absolute atomic E-state index is 6.06. The Bertz CT molecular complexity index is 520. The van der Waals surface area contributed by atoms with Crippen molar-refractivity contribution in [1.29, 1.82) is 0 Å². The van der Waals surface area contributed by atoms with Gasteiger partial charge in [-0.2, -0.15) is 0 Å². The molecule has 0 bridgehead atoms. The number of hydrogen-bond acceptors (Lipinski definition) is 3. The summed E-state index contributed by atoms with van der Waals surface area (Å²) in [7, 11) is 1.69. The molecule has 2 aromatic rings. The fraction of sp³-hybridized carbons (Fsp3) is 0.200. The minimum Gasteiger partial charge on any atom is -0.454 e. The molecule has 3 nitrogen and oxygen atoms in total. The Labute approximate surface area is 117 Å². The van der Waals surface area contributed by atoms with Crippen LogP contribution < -0.4 is 10.5 Å². The molecule has 19 heavy (non-hydrogen) atoms. The average Bonchev–Trinajstić information content (AvgIpc) is 2.42. The molecule has 0 spiro atoms. The molecule has 2 rings (SSSR count). The molecule has 2 aromatic carbocycles. The Kier molecular flexibility index (Phi) is 4.66. The largest absolute Gasteiger partial charge is 0.454 e. The first-order valence-corrected chi connectivity index (χ1v) is 6.38. The van der Waals surface area contributed by atoms with Crippen molar-refractivity contribution in [3.8, 4) is 11.5 Å². The lowest BCUT2D eigenvalue weighted by atomic mass is 10.1. The van der Waals surface area contributed by atoms with Gasteiger partial charge in [-0.3, -0.25) is 0 Å². The minimum atomic E-state index is 0.494. The van der Waals surface area contributed by atoms with E-state index < -0.39 is 0 Å². The second-order valence-electron chi connectivity index (χ2n) is 4.15. The van der Waals surface area contributed by atoms with Gasteiger partial charge in [0.15, 0.2) is 5.75 Å². The standard InChI is InChI=1S/C15H16ClNO2/c1-18-10-9-11-5-7-12(8-6-11)19-15-13(16)3-2-4-14(15)17/h2-8H,9-10,17H2,1H3. The van der Waals surface area contributed by atoms with Crippen molar-refractivity contribution in [1.82, 2.24) is 0 Å². The van der Waals surface area contributed by atoms with E-state index in [1.165, 1.54) is 5.56 Å². The summed E-state index contributed by atoms with van der Waals surface area (Å²) in [5.74, 6) is 1.20. The molecule has 2 N–H and O–H groups in total. The zero-order valence-corrected chi connectivity index (χ0v) is 11.5. The van der Waals surface area contributed by atoms with Gasteiger partial charge in [-0.05, 0) is 36.2 Å². The molecule has 0 aromatic heterocycles. The molecule has 0 fully saturated rings. The lowest BCUT2D eigenvalue weighted by Gasteiger charge is -2.10. The SMILES string of the molecule is COCCc1ccc(Oc2c(N)cccc2Cl)cc1. The fourth-order valence-electron chi connectivity index (χ4n) is 1.70. The first kappa shape index (κ1) is 13.7. The van der Waals surface area contributed by atoms with Crippen LogP contribution in [-0.4, -0.2) is 13.7 Å². The maximum Gasteiger partial charge on any atom is 0.168 e. The first-order valence-electron chi connectivity index (χ1n) is 6.00. The van der Waals surface area contributed by atoms with E-state index in [0.29, 0.717) is 28.8 Å². The zero-order valence-electron chi connectivity index (χ0n) is 10.7. The molecule has 100 valence electrons. The molecular weight excluding hydrogens is 262 g/mol. The van der Waals surface area contributed by atoms with Crippen molar-refractivity contribution in [2.45, 2.75) is 6.42 Å². The number of methoxy groups -OCH3 is 1. The number of para-hydroxylation sites is 1. The van der Waals surface area contributed by atoms with Crippen LogP contribution in [0.4, 0.5) is 5.69 Å². The van der Waals surface area contributed by atoms with Crippen molar-refractivity contribution in [3.63, 3.8) is 0 Å². The number of anilines is 1. The van der Waals surface area contributed by atoms with Gasteiger partial charge in [0.05, 0.1) is 17.3 Å². The number of nitrogens with two attached hydrogens (primary N) is 1. The zero-order chi connectivity index (χ0) is 13.7. The number of hydrogen-bond donors (Lipinski definition) is 1. The van der Waals surface area contributed by atoms with Gasteiger partial charge >= 0.3 is 0 Å². The van der Waals surface area contributed by atoms with E-state index >= 15 is 0 Å². The number of ether oxygens (including phenoxy) is 2. The van der Waals surface area contributed by atoms with E-state index in [1.807, 2.05) is 24.3 Å². The van der Waals surface area contributed by atoms with Gasteiger partial charge in [-0.25, -0.2) is 0 Å². The van der Waals surface area contributed by atoms with E-state index in [1.54, 1.807) is 25.3 Å². The van der Waals surface area contributed by atoms with Gasteiger partial charge in [0.2, 0.25) is 0 Å².